The van der Waals surface area contributed by atoms with E-state index in [4.69, 9.17) is 4.98 Å². The number of thiazole rings is 1. The van der Waals surface area contributed by atoms with Crippen molar-refractivity contribution in [2.45, 2.75) is 46.2 Å². The molecule has 3 heterocycles. The third-order valence-electron chi connectivity index (χ3n) is 6.84. The molecule has 1 unspecified atom stereocenters. The second-order valence-corrected chi connectivity index (χ2v) is 10.9. The van der Waals surface area contributed by atoms with Gasteiger partial charge in [-0.15, -0.1) is 11.3 Å². The van der Waals surface area contributed by atoms with E-state index in [0.717, 1.165) is 55.7 Å². The van der Waals surface area contributed by atoms with Crippen molar-refractivity contribution < 1.29 is 9.59 Å². The van der Waals surface area contributed by atoms with Crippen LogP contribution in [-0.2, 0) is 24.3 Å². The molecule has 0 radical (unpaired) electrons. The highest BCUT2D eigenvalue weighted by Crippen LogP contribution is 2.30. The quantitative estimate of drug-likeness (QED) is 0.560. The van der Waals surface area contributed by atoms with Gasteiger partial charge in [-0.3, -0.25) is 14.5 Å². The largest absolute Gasteiger partial charge is 0.338 e. The fourth-order valence-electron chi connectivity index (χ4n) is 5.14. The lowest BCUT2D eigenvalue weighted by atomic mass is 9.96. The molecule has 2 amide bonds. The summed E-state index contributed by atoms with van der Waals surface area (Å²) in [5, 5.41) is 3.74. The Morgan fingerprint density at radius 1 is 1.09 bits per heavy atom. The SMILES string of the molecule is Cc1cc(C)cc(C(=O)N2CCCC(C(=O)Nc3nc4c(s3)CN(Cc3ccccc3)CC4)C2)c1. The van der Waals surface area contributed by atoms with Crippen molar-refractivity contribution in [2.24, 2.45) is 5.92 Å². The number of nitrogens with zero attached hydrogens (tertiary/aromatic N) is 3. The first kappa shape index (κ1) is 23.7. The van der Waals surface area contributed by atoms with Crippen LogP contribution in [0.1, 0.15) is 50.5 Å². The summed E-state index contributed by atoms with van der Waals surface area (Å²) in [5.74, 6) is -0.234. The van der Waals surface area contributed by atoms with Crippen molar-refractivity contribution in [3.63, 3.8) is 0 Å². The molecular weight excluding hydrogens is 456 g/mol. The number of rotatable bonds is 5. The first-order chi connectivity index (χ1) is 16.9. The van der Waals surface area contributed by atoms with Crippen molar-refractivity contribution in [1.82, 2.24) is 14.8 Å². The van der Waals surface area contributed by atoms with Gasteiger partial charge < -0.3 is 10.2 Å². The highest BCUT2D eigenvalue weighted by molar-refractivity contribution is 7.15. The molecule has 1 saturated heterocycles. The minimum atomic E-state index is -0.214. The molecular formula is C28H32N4O2S. The molecule has 0 aliphatic carbocycles. The number of hydrogen-bond acceptors (Lipinski definition) is 5. The van der Waals surface area contributed by atoms with Crippen LogP contribution in [0.4, 0.5) is 5.13 Å². The van der Waals surface area contributed by atoms with Crippen LogP contribution in [0.2, 0.25) is 0 Å². The summed E-state index contributed by atoms with van der Waals surface area (Å²) in [5.41, 5.74) is 5.27. The number of likely N-dealkylation sites (tertiary alicyclic amines) is 1. The van der Waals surface area contributed by atoms with Crippen molar-refractivity contribution in [3.8, 4) is 0 Å². The maximum atomic E-state index is 13.1. The van der Waals surface area contributed by atoms with Crippen LogP contribution in [0, 0.1) is 19.8 Å². The topological polar surface area (TPSA) is 65.5 Å². The van der Waals surface area contributed by atoms with Crippen molar-refractivity contribution >= 4 is 28.3 Å². The molecule has 1 atom stereocenters. The minimum absolute atomic E-state index is 0.0116. The second-order valence-electron chi connectivity index (χ2n) is 9.79. The number of amides is 2. The van der Waals surface area contributed by atoms with Gasteiger partial charge in [0.15, 0.2) is 5.13 Å². The number of carbonyl (C=O) groups excluding carboxylic acids is 2. The highest BCUT2D eigenvalue weighted by atomic mass is 32.1. The number of aromatic nitrogens is 1. The van der Waals surface area contributed by atoms with Gasteiger partial charge in [0, 0.05) is 49.6 Å². The van der Waals surface area contributed by atoms with E-state index in [2.05, 4.69) is 40.5 Å². The number of fused-ring (bicyclic) bond motifs is 1. The van der Waals surface area contributed by atoms with Gasteiger partial charge in [0.2, 0.25) is 5.91 Å². The monoisotopic (exact) mass is 488 g/mol. The van der Waals surface area contributed by atoms with Gasteiger partial charge in [-0.1, -0.05) is 47.5 Å². The number of piperidine rings is 1. The van der Waals surface area contributed by atoms with Crippen LogP contribution in [0.25, 0.3) is 0 Å². The lowest BCUT2D eigenvalue weighted by Crippen LogP contribution is -2.43. The summed E-state index contributed by atoms with van der Waals surface area (Å²) in [6, 6.07) is 16.4. The van der Waals surface area contributed by atoms with Crippen LogP contribution in [0.5, 0.6) is 0 Å². The second kappa shape index (κ2) is 10.3. The molecule has 0 saturated carbocycles. The van der Waals surface area contributed by atoms with Crippen molar-refractivity contribution in [3.05, 3.63) is 81.4 Å². The van der Waals surface area contributed by atoms with Crippen LogP contribution in [0.15, 0.2) is 48.5 Å². The third-order valence-corrected chi connectivity index (χ3v) is 7.84. The van der Waals surface area contributed by atoms with Crippen LogP contribution in [0.3, 0.4) is 0 Å². The Morgan fingerprint density at radius 3 is 2.63 bits per heavy atom. The summed E-state index contributed by atoms with van der Waals surface area (Å²) in [7, 11) is 0. The summed E-state index contributed by atoms with van der Waals surface area (Å²) >= 11 is 1.58. The number of anilines is 1. The van der Waals surface area contributed by atoms with Crippen LogP contribution < -0.4 is 5.32 Å². The summed E-state index contributed by atoms with van der Waals surface area (Å²) in [4.78, 5) is 36.4. The van der Waals surface area contributed by atoms with E-state index in [1.54, 1.807) is 11.3 Å². The molecule has 7 heteroatoms. The lowest BCUT2D eigenvalue weighted by Gasteiger charge is -2.32. The predicted molar refractivity (Wildman–Crippen MR) is 140 cm³/mol. The van der Waals surface area contributed by atoms with E-state index in [1.807, 2.05) is 36.9 Å². The lowest BCUT2D eigenvalue weighted by molar-refractivity contribution is -0.121. The number of nitrogens with one attached hydrogen (secondary N) is 1. The Morgan fingerprint density at radius 2 is 1.86 bits per heavy atom. The minimum Gasteiger partial charge on any atom is -0.338 e. The number of hydrogen-bond donors (Lipinski definition) is 1. The third kappa shape index (κ3) is 5.63. The average molecular weight is 489 g/mol. The fourth-order valence-corrected chi connectivity index (χ4v) is 6.20. The van der Waals surface area contributed by atoms with Gasteiger partial charge in [0.25, 0.3) is 5.91 Å². The molecule has 5 rings (SSSR count). The molecule has 0 spiro atoms. The predicted octanol–water partition coefficient (Wildman–Crippen LogP) is 4.81. The smallest absolute Gasteiger partial charge is 0.253 e. The Labute approximate surface area is 211 Å². The molecule has 3 aromatic rings. The fraction of sp³-hybridized carbons (Fsp3) is 0.393. The number of aryl methyl sites for hydroxylation is 2. The Bertz CT molecular complexity index is 1200. The van der Waals surface area contributed by atoms with Gasteiger partial charge in [0.1, 0.15) is 0 Å². The first-order valence-corrected chi connectivity index (χ1v) is 13.2. The van der Waals surface area contributed by atoms with E-state index in [1.165, 1.54) is 10.4 Å². The molecule has 2 aromatic carbocycles. The zero-order chi connectivity index (χ0) is 24.4. The standard InChI is InChI=1S/C28H32N4O2S/c1-19-13-20(2)15-23(14-19)27(34)32-11-6-9-22(17-32)26(33)30-28-29-24-10-12-31(18-25(24)35-28)16-21-7-4-3-5-8-21/h3-5,7-8,13-15,22H,6,9-12,16-18H2,1-2H3,(H,29,30,33). The molecule has 1 fully saturated rings. The molecule has 0 bridgehead atoms. The maximum absolute atomic E-state index is 13.1. The molecule has 1 N–H and O–H groups in total. The Balaban J connectivity index is 1.20. The zero-order valence-corrected chi connectivity index (χ0v) is 21.2. The molecule has 2 aliphatic rings. The average Bonchev–Trinajstić information content (AvgIpc) is 3.25. The molecule has 1 aromatic heterocycles. The molecule has 2 aliphatic heterocycles. The summed E-state index contributed by atoms with van der Waals surface area (Å²) in [6.45, 7) is 7.91. The van der Waals surface area contributed by atoms with Crippen LogP contribution in [-0.4, -0.2) is 46.2 Å². The normalized spacial score (nSPS) is 18.2. The van der Waals surface area contributed by atoms with Crippen molar-refractivity contribution in [2.75, 3.05) is 25.0 Å². The Kier molecular flexibility index (Phi) is 6.97. The highest BCUT2D eigenvalue weighted by Gasteiger charge is 2.30. The van der Waals surface area contributed by atoms with E-state index in [-0.39, 0.29) is 17.7 Å². The van der Waals surface area contributed by atoms with Crippen molar-refractivity contribution in [1.29, 1.82) is 0 Å². The van der Waals surface area contributed by atoms with E-state index in [0.29, 0.717) is 23.8 Å². The van der Waals surface area contributed by atoms with E-state index in [9.17, 15) is 9.59 Å². The first-order valence-electron chi connectivity index (χ1n) is 12.4. The van der Waals surface area contributed by atoms with E-state index < -0.39 is 0 Å². The van der Waals surface area contributed by atoms with Gasteiger partial charge >= 0.3 is 0 Å². The Hall–Kier alpha value is -3.03. The number of carbonyl (C=O) groups is 2. The summed E-state index contributed by atoms with van der Waals surface area (Å²) in [6.07, 6.45) is 2.52. The zero-order valence-electron chi connectivity index (χ0n) is 20.4. The molecule has 6 nitrogen and oxygen atoms in total. The van der Waals surface area contributed by atoms with E-state index >= 15 is 0 Å². The van der Waals surface area contributed by atoms with Gasteiger partial charge in [-0.2, -0.15) is 0 Å². The van der Waals surface area contributed by atoms with Gasteiger partial charge in [-0.25, -0.2) is 4.98 Å². The van der Waals surface area contributed by atoms with Crippen LogP contribution >= 0.6 is 11.3 Å². The summed E-state index contributed by atoms with van der Waals surface area (Å²) < 4.78 is 0. The molecule has 182 valence electrons. The van der Waals surface area contributed by atoms with Gasteiger partial charge in [-0.05, 0) is 44.4 Å². The molecule has 35 heavy (non-hydrogen) atoms. The van der Waals surface area contributed by atoms with Gasteiger partial charge in [0.05, 0.1) is 11.6 Å². The number of benzene rings is 2. The maximum Gasteiger partial charge on any atom is 0.253 e.